The SMILES string of the molecule is COc1cc(OC)cc(C(=O)Nc2ccc3oc(-c4ccc(OC)c(Br)c4)nc3c2)c1. The van der Waals surface area contributed by atoms with Crippen LogP contribution in [0, 0.1) is 0 Å². The number of fused-ring (bicyclic) bond motifs is 1. The number of nitrogens with one attached hydrogen (secondary N) is 1. The molecule has 31 heavy (non-hydrogen) atoms. The van der Waals surface area contributed by atoms with Gasteiger partial charge in [-0.2, -0.15) is 0 Å². The van der Waals surface area contributed by atoms with E-state index in [9.17, 15) is 4.79 Å². The average molecular weight is 483 g/mol. The van der Waals surface area contributed by atoms with E-state index < -0.39 is 0 Å². The van der Waals surface area contributed by atoms with Gasteiger partial charge in [0.2, 0.25) is 5.89 Å². The van der Waals surface area contributed by atoms with Crippen molar-refractivity contribution in [2.24, 2.45) is 0 Å². The standard InChI is InChI=1S/C23H19BrN2O5/c1-28-16-8-14(9-17(12-16)29-2)22(27)25-15-5-7-21-19(11-15)26-23(31-21)13-4-6-20(30-3)18(24)10-13/h4-12H,1-3H3,(H,25,27). The second-order valence-corrected chi connectivity index (χ2v) is 7.46. The smallest absolute Gasteiger partial charge is 0.255 e. The summed E-state index contributed by atoms with van der Waals surface area (Å²) in [6.07, 6.45) is 0. The number of anilines is 1. The molecule has 0 fully saturated rings. The lowest BCUT2D eigenvalue weighted by Crippen LogP contribution is -2.12. The number of nitrogens with zero attached hydrogens (tertiary/aromatic N) is 1. The highest BCUT2D eigenvalue weighted by Gasteiger charge is 2.14. The molecule has 0 aliphatic heterocycles. The fourth-order valence-electron chi connectivity index (χ4n) is 3.07. The Balaban J connectivity index is 1.60. The molecule has 0 spiro atoms. The zero-order chi connectivity index (χ0) is 22.0. The van der Waals surface area contributed by atoms with Crippen LogP contribution < -0.4 is 19.5 Å². The summed E-state index contributed by atoms with van der Waals surface area (Å²) in [7, 11) is 4.68. The van der Waals surface area contributed by atoms with E-state index in [1.807, 2.05) is 18.2 Å². The van der Waals surface area contributed by atoms with Crippen molar-refractivity contribution in [2.45, 2.75) is 0 Å². The number of hydrogen-bond acceptors (Lipinski definition) is 6. The van der Waals surface area contributed by atoms with E-state index in [-0.39, 0.29) is 5.91 Å². The quantitative estimate of drug-likeness (QED) is 0.388. The Hall–Kier alpha value is -3.52. The van der Waals surface area contributed by atoms with Crippen LogP contribution in [-0.2, 0) is 0 Å². The minimum absolute atomic E-state index is 0.292. The van der Waals surface area contributed by atoms with Gasteiger partial charge in [-0.25, -0.2) is 4.98 Å². The summed E-state index contributed by atoms with van der Waals surface area (Å²) in [6.45, 7) is 0. The van der Waals surface area contributed by atoms with Crippen molar-refractivity contribution in [3.63, 3.8) is 0 Å². The van der Waals surface area contributed by atoms with Gasteiger partial charge >= 0.3 is 0 Å². The van der Waals surface area contributed by atoms with E-state index in [1.165, 1.54) is 14.2 Å². The molecule has 0 bridgehead atoms. The van der Waals surface area contributed by atoms with Crippen LogP contribution in [-0.4, -0.2) is 32.2 Å². The molecule has 158 valence electrons. The molecule has 0 saturated carbocycles. The first-order chi connectivity index (χ1) is 15.0. The second kappa shape index (κ2) is 8.69. The molecule has 7 nitrogen and oxygen atoms in total. The highest BCUT2D eigenvalue weighted by Crippen LogP contribution is 2.32. The first kappa shape index (κ1) is 20.7. The average Bonchev–Trinajstić information content (AvgIpc) is 3.22. The molecule has 1 N–H and O–H groups in total. The van der Waals surface area contributed by atoms with E-state index >= 15 is 0 Å². The lowest BCUT2D eigenvalue weighted by Gasteiger charge is -2.09. The van der Waals surface area contributed by atoms with Gasteiger partial charge in [0.05, 0.1) is 25.8 Å². The van der Waals surface area contributed by atoms with Crippen LogP contribution in [0.3, 0.4) is 0 Å². The van der Waals surface area contributed by atoms with Crippen LogP contribution in [0.2, 0.25) is 0 Å². The number of ether oxygens (including phenoxy) is 3. The maximum atomic E-state index is 12.7. The Labute approximate surface area is 187 Å². The topological polar surface area (TPSA) is 82.8 Å². The summed E-state index contributed by atoms with van der Waals surface area (Å²) in [5.74, 6) is 1.97. The molecular weight excluding hydrogens is 464 g/mol. The van der Waals surface area contributed by atoms with Gasteiger partial charge in [0, 0.05) is 22.9 Å². The van der Waals surface area contributed by atoms with E-state index in [0.29, 0.717) is 39.7 Å². The lowest BCUT2D eigenvalue weighted by molar-refractivity contribution is 0.102. The Kier molecular flexibility index (Phi) is 5.81. The summed E-state index contributed by atoms with van der Waals surface area (Å²) < 4.78 is 22.4. The summed E-state index contributed by atoms with van der Waals surface area (Å²) in [5, 5.41) is 2.87. The van der Waals surface area contributed by atoms with Crippen molar-refractivity contribution in [3.05, 3.63) is 64.6 Å². The highest BCUT2D eigenvalue weighted by atomic mass is 79.9. The van der Waals surface area contributed by atoms with E-state index in [0.717, 1.165) is 15.8 Å². The summed E-state index contributed by atoms with van der Waals surface area (Å²) in [4.78, 5) is 17.3. The number of aromatic nitrogens is 1. The minimum atomic E-state index is -0.292. The third kappa shape index (κ3) is 4.34. The molecule has 3 aromatic carbocycles. The van der Waals surface area contributed by atoms with Crippen LogP contribution in [0.25, 0.3) is 22.6 Å². The van der Waals surface area contributed by atoms with Gasteiger partial charge < -0.3 is 23.9 Å². The van der Waals surface area contributed by atoms with Gasteiger partial charge in [0.1, 0.15) is 22.8 Å². The number of carbonyl (C=O) groups excluding carboxylic acids is 1. The normalized spacial score (nSPS) is 10.7. The van der Waals surface area contributed by atoms with Crippen LogP contribution >= 0.6 is 15.9 Å². The summed E-state index contributed by atoms with van der Waals surface area (Å²) >= 11 is 3.47. The summed E-state index contributed by atoms with van der Waals surface area (Å²) in [5.41, 5.74) is 3.05. The molecule has 1 amide bonds. The number of carbonyl (C=O) groups is 1. The zero-order valence-corrected chi connectivity index (χ0v) is 18.6. The molecular formula is C23H19BrN2O5. The number of rotatable bonds is 6. The van der Waals surface area contributed by atoms with Crippen molar-refractivity contribution in [2.75, 3.05) is 26.6 Å². The molecule has 0 aliphatic rings. The largest absolute Gasteiger partial charge is 0.497 e. The Bertz CT molecular complexity index is 1250. The van der Waals surface area contributed by atoms with Gasteiger partial charge in [-0.1, -0.05) is 0 Å². The van der Waals surface area contributed by atoms with Gasteiger partial charge in [0.25, 0.3) is 5.91 Å². The Morgan fingerprint density at radius 2 is 1.68 bits per heavy atom. The molecule has 0 aliphatic carbocycles. The maximum Gasteiger partial charge on any atom is 0.255 e. The Morgan fingerprint density at radius 3 is 2.32 bits per heavy atom. The Morgan fingerprint density at radius 1 is 0.935 bits per heavy atom. The van der Waals surface area contributed by atoms with Gasteiger partial charge in [-0.05, 0) is 64.5 Å². The number of hydrogen-bond donors (Lipinski definition) is 1. The highest BCUT2D eigenvalue weighted by molar-refractivity contribution is 9.10. The molecule has 0 radical (unpaired) electrons. The number of halogens is 1. The first-order valence-electron chi connectivity index (χ1n) is 9.29. The minimum Gasteiger partial charge on any atom is -0.497 e. The third-order valence-electron chi connectivity index (χ3n) is 4.66. The number of oxazole rings is 1. The van der Waals surface area contributed by atoms with Gasteiger partial charge in [0.15, 0.2) is 5.58 Å². The van der Waals surface area contributed by atoms with Crippen LogP contribution in [0.4, 0.5) is 5.69 Å². The van der Waals surface area contributed by atoms with Crippen LogP contribution in [0.15, 0.2) is 63.5 Å². The van der Waals surface area contributed by atoms with Crippen molar-refractivity contribution < 1.29 is 23.4 Å². The molecule has 1 aromatic heterocycles. The third-order valence-corrected chi connectivity index (χ3v) is 5.28. The van der Waals surface area contributed by atoms with Gasteiger partial charge in [-0.15, -0.1) is 0 Å². The number of methoxy groups -OCH3 is 3. The zero-order valence-electron chi connectivity index (χ0n) is 17.1. The molecule has 0 atom stereocenters. The fraction of sp³-hybridized carbons (Fsp3) is 0.130. The molecule has 8 heteroatoms. The monoisotopic (exact) mass is 482 g/mol. The first-order valence-corrected chi connectivity index (χ1v) is 10.1. The molecule has 0 unspecified atom stereocenters. The predicted octanol–water partition coefficient (Wildman–Crippen LogP) is 5.54. The van der Waals surface area contributed by atoms with Crippen LogP contribution in [0.1, 0.15) is 10.4 Å². The van der Waals surface area contributed by atoms with E-state index in [2.05, 4.69) is 26.2 Å². The molecule has 1 heterocycles. The predicted molar refractivity (Wildman–Crippen MR) is 121 cm³/mol. The number of benzene rings is 3. The number of amides is 1. The molecule has 4 rings (SSSR count). The van der Waals surface area contributed by atoms with Gasteiger partial charge in [-0.3, -0.25) is 4.79 Å². The molecule has 4 aromatic rings. The molecule has 0 saturated heterocycles. The maximum absolute atomic E-state index is 12.7. The van der Waals surface area contributed by atoms with Crippen molar-refractivity contribution in [3.8, 4) is 28.7 Å². The van der Waals surface area contributed by atoms with Crippen molar-refractivity contribution in [1.82, 2.24) is 4.98 Å². The second-order valence-electron chi connectivity index (χ2n) is 6.61. The lowest BCUT2D eigenvalue weighted by atomic mass is 10.1. The van der Waals surface area contributed by atoms with Crippen molar-refractivity contribution in [1.29, 1.82) is 0 Å². The van der Waals surface area contributed by atoms with Crippen molar-refractivity contribution >= 4 is 38.6 Å². The van der Waals surface area contributed by atoms with E-state index in [1.54, 1.807) is 43.5 Å². The summed E-state index contributed by atoms with van der Waals surface area (Å²) in [6, 6.07) is 15.9. The van der Waals surface area contributed by atoms with E-state index in [4.69, 9.17) is 18.6 Å². The fourth-order valence-corrected chi connectivity index (χ4v) is 3.61. The van der Waals surface area contributed by atoms with Crippen LogP contribution in [0.5, 0.6) is 17.2 Å².